The molecule has 5 saturated heterocycles. The summed E-state index contributed by atoms with van der Waals surface area (Å²) in [7, 11) is 1.83. The molecule has 2 amide bonds. The minimum atomic E-state index is -0.827. The van der Waals surface area contributed by atoms with Gasteiger partial charge in [0.2, 0.25) is 11.8 Å². The second kappa shape index (κ2) is 5.85. The van der Waals surface area contributed by atoms with Crippen molar-refractivity contribution < 1.29 is 23.9 Å². The number of ether oxygens (including phenoxy) is 2. The van der Waals surface area contributed by atoms with E-state index in [1.165, 1.54) is 0 Å². The third-order valence-corrected chi connectivity index (χ3v) is 7.19. The van der Waals surface area contributed by atoms with Crippen LogP contribution in [0.3, 0.4) is 0 Å². The van der Waals surface area contributed by atoms with Crippen LogP contribution >= 0.6 is 0 Å². The molecule has 0 aromatic rings. The lowest BCUT2D eigenvalue weighted by Gasteiger charge is -2.64. The Bertz CT molecular complexity index is 686. The van der Waals surface area contributed by atoms with E-state index in [9.17, 15) is 14.4 Å². The zero-order valence-electron chi connectivity index (χ0n) is 16.7. The molecule has 150 valence electrons. The number of carbonyl (C=O) groups is 3. The number of hydrogen-bond donors (Lipinski definition) is 1. The minimum absolute atomic E-state index is 0.00522. The van der Waals surface area contributed by atoms with Crippen LogP contribution in [0.4, 0.5) is 4.79 Å². The third-order valence-electron chi connectivity index (χ3n) is 7.19. The number of nitrogens with one attached hydrogen (secondary N) is 1. The van der Waals surface area contributed by atoms with Gasteiger partial charge in [0.1, 0.15) is 11.7 Å². The highest BCUT2D eigenvalue weighted by atomic mass is 16.7. The summed E-state index contributed by atoms with van der Waals surface area (Å²) in [6, 6.07) is -0.0198. The maximum absolute atomic E-state index is 13.5. The molecular formula is C20H30N2O5. The van der Waals surface area contributed by atoms with Gasteiger partial charge < -0.3 is 19.7 Å². The van der Waals surface area contributed by atoms with Crippen LogP contribution in [-0.2, 0) is 19.1 Å². The molecule has 2 saturated carbocycles. The van der Waals surface area contributed by atoms with Gasteiger partial charge in [0, 0.05) is 13.1 Å². The van der Waals surface area contributed by atoms with E-state index in [2.05, 4.69) is 5.32 Å². The summed E-state index contributed by atoms with van der Waals surface area (Å²) in [4.78, 5) is 40.6. The van der Waals surface area contributed by atoms with Gasteiger partial charge in [-0.2, -0.15) is 0 Å². The maximum atomic E-state index is 13.5. The Morgan fingerprint density at radius 1 is 1.15 bits per heavy atom. The minimum Gasteiger partial charge on any atom is -0.429 e. The summed E-state index contributed by atoms with van der Waals surface area (Å²) in [6.45, 7) is 5.37. The van der Waals surface area contributed by atoms with Crippen LogP contribution in [0.25, 0.3) is 0 Å². The Hall–Kier alpha value is -1.79. The van der Waals surface area contributed by atoms with Crippen molar-refractivity contribution in [1.82, 2.24) is 10.2 Å². The summed E-state index contributed by atoms with van der Waals surface area (Å²) >= 11 is 0. The number of rotatable bonds is 1. The highest BCUT2D eigenvalue weighted by molar-refractivity contribution is 5.91. The first-order valence-electron chi connectivity index (χ1n) is 10.1. The normalized spacial score (nSPS) is 40.7. The summed E-state index contributed by atoms with van der Waals surface area (Å²) in [6.07, 6.45) is 3.85. The Morgan fingerprint density at radius 3 is 2.56 bits per heavy atom. The molecule has 7 nitrogen and oxygen atoms in total. The van der Waals surface area contributed by atoms with Crippen LogP contribution in [-0.4, -0.2) is 53.2 Å². The van der Waals surface area contributed by atoms with Gasteiger partial charge in [-0.15, -0.1) is 0 Å². The fourth-order valence-corrected chi connectivity index (χ4v) is 6.07. The molecule has 7 heteroatoms. The summed E-state index contributed by atoms with van der Waals surface area (Å²) < 4.78 is 11.1. The molecule has 5 atom stereocenters. The van der Waals surface area contributed by atoms with E-state index < -0.39 is 28.8 Å². The molecule has 1 N–H and O–H groups in total. The average Bonchev–Trinajstić information content (AvgIpc) is 2.54. The van der Waals surface area contributed by atoms with E-state index in [1.807, 2.05) is 7.05 Å². The van der Waals surface area contributed by atoms with Crippen LogP contribution in [0.1, 0.15) is 65.7 Å². The van der Waals surface area contributed by atoms with Gasteiger partial charge in [-0.3, -0.25) is 9.59 Å². The van der Waals surface area contributed by atoms with Gasteiger partial charge in [0.05, 0.1) is 16.9 Å². The predicted molar refractivity (Wildman–Crippen MR) is 96.8 cm³/mol. The Morgan fingerprint density at radius 2 is 1.89 bits per heavy atom. The molecule has 0 aromatic heterocycles. The van der Waals surface area contributed by atoms with E-state index in [0.717, 1.165) is 32.1 Å². The van der Waals surface area contributed by atoms with Crippen molar-refractivity contribution in [2.75, 3.05) is 7.05 Å². The molecule has 5 aliphatic heterocycles. The average molecular weight is 378 g/mol. The standard InChI is InChI=1S/C20H30N2O5/c1-18(2,3)27-17(25)26-14-6-5-9-19-10-8-13(22(4)16(19)24)12-7-11-20(14,19)21-15(12)23/h12-14H,5-11H2,1-4H3,(H,21,23)/t12?,13?,14-,19+,20+/m1/s1. The van der Waals surface area contributed by atoms with E-state index in [1.54, 1.807) is 25.7 Å². The fourth-order valence-electron chi connectivity index (χ4n) is 6.07. The first-order valence-corrected chi connectivity index (χ1v) is 10.1. The van der Waals surface area contributed by atoms with E-state index in [0.29, 0.717) is 12.8 Å². The topological polar surface area (TPSA) is 84.9 Å². The monoisotopic (exact) mass is 378 g/mol. The molecule has 7 rings (SSSR count). The van der Waals surface area contributed by atoms with Crippen molar-refractivity contribution in [2.45, 2.75) is 89.0 Å². The second-order valence-corrected chi connectivity index (χ2v) is 9.67. The molecule has 27 heavy (non-hydrogen) atoms. The van der Waals surface area contributed by atoms with Gasteiger partial charge in [-0.25, -0.2) is 4.79 Å². The van der Waals surface area contributed by atoms with E-state index in [4.69, 9.17) is 9.47 Å². The fraction of sp³-hybridized carbons (Fsp3) is 0.850. The zero-order chi connectivity index (χ0) is 19.6. The molecule has 0 radical (unpaired) electrons. The number of nitrogens with zero attached hydrogens (tertiary/aromatic N) is 1. The van der Waals surface area contributed by atoms with Crippen molar-refractivity contribution in [2.24, 2.45) is 11.3 Å². The van der Waals surface area contributed by atoms with Crippen LogP contribution in [0, 0.1) is 11.3 Å². The van der Waals surface area contributed by atoms with Crippen molar-refractivity contribution in [3.8, 4) is 0 Å². The van der Waals surface area contributed by atoms with Crippen LogP contribution in [0.2, 0.25) is 0 Å². The molecule has 2 spiro atoms. The molecule has 7 aliphatic rings. The molecule has 5 heterocycles. The lowest BCUT2D eigenvalue weighted by molar-refractivity contribution is -0.192. The number of hydrogen-bond acceptors (Lipinski definition) is 5. The maximum Gasteiger partial charge on any atom is 0.509 e. The molecule has 0 aromatic carbocycles. The first kappa shape index (κ1) is 18.6. The Balaban J connectivity index is 1.73. The number of carbonyl (C=O) groups excluding carboxylic acids is 3. The van der Waals surface area contributed by atoms with Gasteiger partial charge >= 0.3 is 6.16 Å². The van der Waals surface area contributed by atoms with E-state index in [-0.39, 0.29) is 23.8 Å². The molecule has 7 fully saturated rings. The SMILES string of the molecule is CN1C(=O)[C@@]23CCC[C@@H](OC(=O)OC(C)(C)C)[C@@]24CCC(C(=O)N4)C1CC3. The molecule has 2 aliphatic carbocycles. The highest BCUT2D eigenvalue weighted by Crippen LogP contribution is 2.58. The van der Waals surface area contributed by atoms with Gasteiger partial charge in [-0.1, -0.05) is 0 Å². The van der Waals surface area contributed by atoms with Crippen molar-refractivity contribution in [3.05, 3.63) is 0 Å². The molecule has 2 unspecified atom stereocenters. The Labute approximate surface area is 160 Å². The van der Waals surface area contributed by atoms with Gasteiger partial charge in [-0.05, 0) is 65.7 Å². The second-order valence-electron chi connectivity index (χ2n) is 9.67. The van der Waals surface area contributed by atoms with Crippen LogP contribution in [0.5, 0.6) is 0 Å². The van der Waals surface area contributed by atoms with Crippen LogP contribution in [0.15, 0.2) is 0 Å². The summed E-state index contributed by atoms with van der Waals surface area (Å²) in [5.41, 5.74) is -2.17. The van der Waals surface area contributed by atoms with Gasteiger partial charge in [0.25, 0.3) is 0 Å². The van der Waals surface area contributed by atoms with Crippen LogP contribution < -0.4 is 5.32 Å². The van der Waals surface area contributed by atoms with Crippen molar-refractivity contribution in [3.63, 3.8) is 0 Å². The first-order chi connectivity index (χ1) is 12.6. The lowest BCUT2D eigenvalue weighted by Crippen LogP contribution is -2.80. The third kappa shape index (κ3) is 2.57. The summed E-state index contributed by atoms with van der Waals surface area (Å²) in [5.74, 6) is -0.0812. The molecular weight excluding hydrogens is 348 g/mol. The van der Waals surface area contributed by atoms with E-state index >= 15 is 0 Å². The predicted octanol–water partition coefficient (Wildman–Crippen LogP) is 2.38. The van der Waals surface area contributed by atoms with Crippen molar-refractivity contribution >= 4 is 18.0 Å². The Kier molecular flexibility index (Phi) is 4.02. The highest BCUT2D eigenvalue weighted by Gasteiger charge is 2.69. The smallest absolute Gasteiger partial charge is 0.429 e. The van der Waals surface area contributed by atoms with Gasteiger partial charge in [0.15, 0.2) is 0 Å². The lowest BCUT2D eigenvalue weighted by atomic mass is 9.50. The van der Waals surface area contributed by atoms with Crippen molar-refractivity contribution in [1.29, 1.82) is 0 Å². The zero-order valence-corrected chi connectivity index (χ0v) is 16.7. The number of piperidine rings is 2. The quantitative estimate of drug-likeness (QED) is 0.708. The number of amides is 2. The summed E-state index contributed by atoms with van der Waals surface area (Å²) in [5, 5.41) is 3.21. The molecule has 4 bridgehead atoms. The largest absolute Gasteiger partial charge is 0.509 e.